The molecular weight excluding hydrogens is 266 g/mol. The van der Waals surface area contributed by atoms with Gasteiger partial charge in [-0.1, -0.05) is 44.4 Å². The fourth-order valence-corrected chi connectivity index (χ4v) is 2.63. The Morgan fingerprint density at radius 3 is 2.33 bits per heavy atom. The first kappa shape index (κ1) is 17.2. The second-order valence-electron chi connectivity index (χ2n) is 5.10. The molecule has 1 saturated carbocycles. The summed E-state index contributed by atoms with van der Waals surface area (Å²) in [5, 5.41) is 2.87. The lowest BCUT2D eigenvalue weighted by Crippen LogP contribution is -2.53. The van der Waals surface area contributed by atoms with Crippen molar-refractivity contribution in [2.75, 3.05) is 7.11 Å². The molecule has 1 aromatic carbocycles. The molecule has 0 aliphatic heterocycles. The molecule has 1 fully saturated rings. The quantitative estimate of drug-likeness (QED) is 0.870. The molecule has 4 nitrogen and oxygen atoms in total. The van der Waals surface area contributed by atoms with Crippen LogP contribution >= 0.6 is 0 Å². The molecule has 1 aliphatic carbocycles. The zero-order chi connectivity index (χ0) is 15.9. The van der Waals surface area contributed by atoms with E-state index >= 15 is 0 Å². The lowest BCUT2D eigenvalue weighted by Gasteiger charge is -2.27. The van der Waals surface area contributed by atoms with Crippen molar-refractivity contribution < 1.29 is 14.3 Å². The van der Waals surface area contributed by atoms with Crippen LogP contribution in [-0.4, -0.2) is 24.5 Å². The molecule has 0 unspecified atom stereocenters. The number of hydrogen-bond acceptors (Lipinski definition) is 3. The number of aryl methyl sites for hydroxylation is 1. The van der Waals surface area contributed by atoms with E-state index in [4.69, 9.17) is 4.74 Å². The monoisotopic (exact) mass is 291 g/mol. The molecule has 0 atom stereocenters. The van der Waals surface area contributed by atoms with Gasteiger partial charge < -0.3 is 10.1 Å². The van der Waals surface area contributed by atoms with Crippen LogP contribution in [0.3, 0.4) is 0 Å². The lowest BCUT2D eigenvalue weighted by molar-refractivity contribution is -0.148. The average molecular weight is 291 g/mol. The summed E-state index contributed by atoms with van der Waals surface area (Å²) in [7, 11) is 1.36. The molecule has 0 spiro atoms. The fourth-order valence-electron chi connectivity index (χ4n) is 2.63. The maximum absolute atomic E-state index is 12.3. The van der Waals surface area contributed by atoms with Crippen LogP contribution in [0.25, 0.3) is 0 Å². The Morgan fingerprint density at radius 1 is 1.19 bits per heavy atom. The van der Waals surface area contributed by atoms with Gasteiger partial charge in [-0.2, -0.15) is 0 Å². The van der Waals surface area contributed by atoms with E-state index in [9.17, 15) is 9.59 Å². The molecule has 1 N–H and O–H groups in total. The summed E-state index contributed by atoms with van der Waals surface area (Å²) in [6, 6.07) is 7.34. The molecule has 4 heteroatoms. The van der Waals surface area contributed by atoms with Gasteiger partial charge >= 0.3 is 5.97 Å². The first-order valence-electron chi connectivity index (χ1n) is 7.55. The van der Waals surface area contributed by atoms with E-state index in [0.717, 1.165) is 18.4 Å². The third kappa shape index (κ3) is 4.06. The van der Waals surface area contributed by atoms with Gasteiger partial charge in [0.2, 0.25) is 0 Å². The highest BCUT2D eigenvalue weighted by molar-refractivity contribution is 5.98. The van der Waals surface area contributed by atoms with Gasteiger partial charge in [0.25, 0.3) is 5.91 Å². The summed E-state index contributed by atoms with van der Waals surface area (Å²) in [6.45, 7) is 5.93. The number of methoxy groups -OCH3 is 1. The Labute approximate surface area is 126 Å². The van der Waals surface area contributed by atoms with Crippen LogP contribution < -0.4 is 5.32 Å². The lowest BCUT2D eigenvalue weighted by atomic mass is 9.97. The molecule has 21 heavy (non-hydrogen) atoms. The molecule has 0 heterocycles. The standard InChI is InChI=1S/C15H19NO3.C2H6/c1-11-6-5-7-12(10-11)13(17)16-15(14(18)19-2)8-3-4-9-15;1-2/h5-7,10H,3-4,8-9H2,1-2H3,(H,16,17);1-2H3. The van der Waals surface area contributed by atoms with Crippen molar-refractivity contribution in [3.63, 3.8) is 0 Å². The predicted molar refractivity (Wildman–Crippen MR) is 83.2 cm³/mol. The summed E-state index contributed by atoms with van der Waals surface area (Å²) >= 11 is 0. The van der Waals surface area contributed by atoms with Gasteiger partial charge in [-0.3, -0.25) is 4.79 Å². The van der Waals surface area contributed by atoms with E-state index in [-0.39, 0.29) is 11.9 Å². The SMILES string of the molecule is CC.COC(=O)C1(NC(=O)c2cccc(C)c2)CCCC1. The van der Waals surface area contributed by atoms with E-state index in [1.54, 1.807) is 6.07 Å². The minimum atomic E-state index is -0.838. The number of esters is 1. The van der Waals surface area contributed by atoms with Gasteiger partial charge in [-0.05, 0) is 31.9 Å². The van der Waals surface area contributed by atoms with Crippen LogP contribution in [0.15, 0.2) is 24.3 Å². The smallest absolute Gasteiger partial charge is 0.331 e. The van der Waals surface area contributed by atoms with E-state index in [1.165, 1.54) is 7.11 Å². The number of carbonyl (C=O) groups is 2. The van der Waals surface area contributed by atoms with Crippen LogP contribution in [0.1, 0.15) is 55.5 Å². The average Bonchev–Trinajstić information content (AvgIpc) is 2.98. The Balaban J connectivity index is 0.00000106. The normalized spacial score (nSPS) is 15.6. The molecule has 2 rings (SSSR count). The first-order chi connectivity index (χ1) is 10.1. The number of ether oxygens (including phenoxy) is 1. The van der Waals surface area contributed by atoms with Crippen LogP contribution in [-0.2, 0) is 9.53 Å². The molecule has 1 aliphatic rings. The Hall–Kier alpha value is -1.84. The van der Waals surface area contributed by atoms with Crippen molar-refractivity contribution in [2.24, 2.45) is 0 Å². The number of benzene rings is 1. The second-order valence-corrected chi connectivity index (χ2v) is 5.10. The first-order valence-corrected chi connectivity index (χ1v) is 7.55. The maximum atomic E-state index is 12.3. The Bertz CT molecular complexity index is 491. The summed E-state index contributed by atoms with van der Waals surface area (Å²) in [4.78, 5) is 24.2. The van der Waals surface area contributed by atoms with Crippen molar-refractivity contribution in [1.29, 1.82) is 0 Å². The summed E-state index contributed by atoms with van der Waals surface area (Å²) < 4.78 is 4.84. The summed E-state index contributed by atoms with van der Waals surface area (Å²) in [5.74, 6) is -0.554. The topological polar surface area (TPSA) is 55.4 Å². The number of carbonyl (C=O) groups excluding carboxylic acids is 2. The zero-order valence-electron chi connectivity index (χ0n) is 13.4. The minimum absolute atomic E-state index is 0.212. The van der Waals surface area contributed by atoms with E-state index in [1.807, 2.05) is 39.0 Å². The summed E-state index contributed by atoms with van der Waals surface area (Å²) in [6.07, 6.45) is 3.17. The minimum Gasteiger partial charge on any atom is -0.467 e. The van der Waals surface area contributed by atoms with E-state index in [2.05, 4.69) is 5.32 Å². The fraction of sp³-hybridized carbons (Fsp3) is 0.529. The van der Waals surface area contributed by atoms with E-state index < -0.39 is 5.54 Å². The van der Waals surface area contributed by atoms with Crippen LogP contribution in [0.5, 0.6) is 0 Å². The highest BCUT2D eigenvalue weighted by Crippen LogP contribution is 2.31. The van der Waals surface area contributed by atoms with Crippen LogP contribution in [0, 0.1) is 6.92 Å². The predicted octanol–water partition coefficient (Wildman–Crippen LogP) is 3.24. The highest BCUT2D eigenvalue weighted by Gasteiger charge is 2.43. The van der Waals surface area contributed by atoms with Crippen molar-refractivity contribution in [1.82, 2.24) is 5.32 Å². The highest BCUT2D eigenvalue weighted by atomic mass is 16.5. The van der Waals surface area contributed by atoms with Crippen molar-refractivity contribution in [2.45, 2.75) is 52.0 Å². The van der Waals surface area contributed by atoms with Gasteiger partial charge in [-0.15, -0.1) is 0 Å². The van der Waals surface area contributed by atoms with Crippen LogP contribution in [0.4, 0.5) is 0 Å². The number of nitrogens with one attached hydrogen (secondary N) is 1. The molecule has 0 aromatic heterocycles. The maximum Gasteiger partial charge on any atom is 0.331 e. The zero-order valence-corrected chi connectivity index (χ0v) is 13.4. The third-order valence-corrected chi connectivity index (χ3v) is 3.67. The number of amides is 1. The largest absolute Gasteiger partial charge is 0.467 e. The third-order valence-electron chi connectivity index (χ3n) is 3.67. The number of rotatable bonds is 3. The Morgan fingerprint density at radius 2 is 1.81 bits per heavy atom. The molecule has 0 radical (unpaired) electrons. The van der Waals surface area contributed by atoms with Crippen LogP contribution in [0.2, 0.25) is 0 Å². The van der Waals surface area contributed by atoms with Crippen molar-refractivity contribution in [3.05, 3.63) is 35.4 Å². The van der Waals surface area contributed by atoms with Crippen molar-refractivity contribution >= 4 is 11.9 Å². The van der Waals surface area contributed by atoms with Gasteiger partial charge in [0.05, 0.1) is 7.11 Å². The molecule has 0 saturated heterocycles. The molecule has 1 amide bonds. The molecule has 1 aromatic rings. The Kier molecular flexibility index (Phi) is 6.40. The number of hydrogen-bond donors (Lipinski definition) is 1. The molecule has 0 bridgehead atoms. The van der Waals surface area contributed by atoms with Gasteiger partial charge in [0.15, 0.2) is 0 Å². The second kappa shape index (κ2) is 7.81. The molecular formula is C17H25NO3. The van der Waals surface area contributed by atoms with Gasteiger partial charge in [0, 0.05) is 5.56 Å². The van der Waals surface area contributed by atoms with E-state index in [0.29, 0.717) is 18.4 Å². The van der Waals surface area contributed by atoms with Gasteiger partial charge in [-0.25, -0.2) is 4.79 Å². The molecule has 116 valence electrons. The van der Waals surface area contributed by atoms with Crippen molar-refractivity contribution in [3.8, 4) is 0 Å². The summed E-state index contributed by atoms with van der Waals surface area (Å²) in [5.41, 5.74) is 0.761. The van der Waals surface area contributed by atoms with Gasteiger partial charge in [0.1, 0.15) is 5.54 Å².